The maximum absolute atomic E-state index is 12.9. The molecule has 194 valence electrons. The Kier molecular flexibility index (Phi) is 5.99. The van der Waals surface area contributed by atoms with Crippen LogP contribution in [0.15, 0.2) is 24.0 Å². The molecule has 1 spiro atoms. The van der Waals surface area contributed by atoms with Gasteiger partial charge in [-0.15, -0.1) is 0 Å². The number of esters is 2. The lowest BCUT2D eigenvalue weighted by atomic mass is 9.47. The average Bonchev–Trinajstić information content (AvgIpc) is 3.18. The number of aliphatic hydroxyl groups is 1. The lowest BCUT2D eigenvalue weighted by molar-refractivity contribution is -0.171. The number of hydrogen-bond donors (Lipinski definition) is 3. The van der Waals surface area contributed by atoms with Crippen LogP contribution in [0.2, 0.25) is 0 Å². The zero-order valence-corrected chi connectivity index (χ0v) is 20.3. The van der Waals surface area contributed by atoms with Crippen molar-refractivity contribution in [2.75, 3.05) is 7.11 Å². The van der Waals surface area contributed by atoms with E-state index >= 15 is 0 Å². The van der Waals surface area contributed by atoms with Crippen molar-refractivity contribution in [2.24, 2.45) is 11.7 Å². The van der Waals surface area contributed by atoms with Crippen molar-refractivity contribution in [3.63, 3.8) is 0 Å². The van der Waals surface area contributed by atoms with Crippen LogP contribution < -0.4 is 15.2 Å². The topological polar surface area (TPSA) is 155 Å². The summed E-state index contributed by atoms with van der Waals surface area (Å²) in [6.07, 6.45) is 2.99. The molecule has 0 saturated heterocycles. The van der Waals surface area contributed by atoms with E-state index in [-0.39, 0.29) is 24.5 Å². The first-order valence-corrected chi connectivity index (χ1v) is 12.3. The summed E-state index contributed by atoms with van der Waals surface area (Å²) in [7, 11) is 1.57. The van der Waals surface area contributed by atoms with Crippen LogP contribution in [0.5, 0.6) is 11.5 Å². The highest BCUT2D eigenvalue weighted by molar-refractivity contribution is 5.80. The summed E-state index contributed by atoms with van der Waals surface area (Å²) in [5, 5.41) is 20.9. The molecule has 0 amide bonds. The summed E-state index contributed by atoms with van der Waals surface area (Å²) in [4.78, 5) is 35.8. The van der Waals surface area contributed by atoms with Gasteiger partial charge in [-0.2, -0.15) is 0 Å². The first-order valence-electron chi connectivity index (χ1n) is 12.3. The molecule has 10 nitrogen and oxygen atoms in total. The number of hydrogen-bond acceptors (Lipinski definition) is 9. The molecule has 3 aliphatic carbocycles. The maximum atomic E-state index is 12.9. The molecule has 0 radical (unpaired) electrons. The van der Waals surface area contributed by atoms with Gasteiger partial charge in [-0.25, -0.2) is 4.79 Å². The summed E-state index contributed by atoms with van der Waals surface area (Å²) in [6.45, 7) is 1.39. The third-order valence-electron chi connectivity index (χ3n) is 8.30. The molecule has 1 aliphatic heterocycles. The van der Waals surface area contributed by atoms with E-state index in [0.717, 1.165) is 30.4 Å². The van der Waals surface area contributed by atoms with Gasteiger partial charge in [0.05, 0.1) is 18.1 Å². The second-order valence-electron chi connectivity index (χ2n) is 10.2. The number of aliphatic carboxylic acids is 1. The molecule has 0 aromatic heterocycles. The van der Waals surface area contributed by atoms with Crippen molar-refractivity contribution in [2.45, 2.75) is 81.1 Å². The number of nitrogens with two attached hydrogens (primary N) is 1. The first kappa shape index (κ1) is 24.6. The number of ether oxygens (including phenoxy) is 4. The SMILES string of the molecule is COc1ccc2c3c1O[C@H]1C(OC(=O)[C@H](C)OC(=O)CC[C@H](N)C(=O)O)=CC[C@@]4(O)[C@H](CCC[C@]314)C2. The smallest absolute Gasteiger partial charge is 0.352 e. The van der Waals surface area contributed by atoms with Crippen molar-refractivity contribution in [1.82, 2.24) is 0 Å². The molecule has 1 aromatic rings. The Bertz CT molecular complexity index is 1150. The van der Waals surface area contributed by atoms with Gasteiger partial charge in [-0.05, 0) is 62.7 Å². The lowest BCUT2D eigenvalue weighted by Crippen LogP contribution is -2.67. The molecule has 1 heterocycles. The van der Waals surface area contributed by atoms with Crippen LogP contribution in [-0.4, -0.2) is 59.1 Å². The van der Waals surface area contributed by atoms with Gasteiger partial charge < -0.3 is 34.9 Å². The van der Waals surface area contributed by atoms with Crippen LogP contribution in [0.4, 0.5) is 0 Å². The summed E-state index contributed by atoms with van der Waals surface area (Å²) in [5.74, 6) is -1.25. The second-order valence-corrected chi connectivity index (χ2v) is 10.2. The number of rotatable bonds is 8. The molecule has 1 aromatic carbocycles. The number of carboxylic acid groups (broad SMARTS) is 1. The molecule has 2 bridgehead atoms. The van der Waals surface area contributed by atoms with E-state index in [2.05, 4.69) is 0 Å². The van der Waals surface area contributed by atoms with Crippen LogP contribution in [0.3, 0.4) is 0 Å². The third kappa shape index (κ3) is 3.49. The molecule has 1 saturated carbocycles. The molecule has 5 rings (SSSR count). The minimum absolute atomic E-state index is 0.0646. The van der Waals surface area contributed by atoms with Gasteiger partial charge in [0.15, 0.2) is 23.7 Å². The van der Waals surface area contributed by atoms with Crippen LogP contribution >= 0.6 is 0 Å². The highest BCUT2D eigenvalue weighted by Crippen LogP contribution is 2.67. The quantitative estimate of drug-likeness (QED) is 0.449. The van der Waals surface area contributed by atoms with Crippen molar-refractivity contribution >= 4 is 17.9 Å². The van der Waals surface area contributed by atoms with Crippen LogP contribution in [0, 0.1) is 5.92 Å². The molecule has 1 fully saturated rings. The second kappa shape index (κ2) is 8.77. The molecule has 36 heavy (non-hydrogen) atoms. The number of benzene rings is 1. The molecule has 4 aliphatic rings. The van der Waals surface area contributed by atoms with Crippen LogP contribution in [0.25, 0.3) is 0 Å². The fourth-order valence-electron chi connectivity index (χ4n) is 6.58. The van der Waals surface area contributed by atoms with Crippen molar-refractivity contribution in [3.8, 4) is 11.5 Å². The summed E-state index contributed by atoms with van der Waals surface area (Å²) in [5.41, 5.74) is 5.69. The van der Waals surface area contributed by atoms with Gasteiger partial charge in [0.1, 0.15) is 11.8 Å². The van der Waals surface area contributed by atoms with E-state index in [1.807, 2.05) is 12.1 Å². The summed E-state index contributed by atoms with van der Waals surface area (Å²) in [6, 6.07) is 2.71. The molecule has 4 N–H and O–H groups in total. The van der Waals surface area contributed by atoms with E-state index < -0.39 is 47.2 Å². The first-order chi connectivity index (χ1) is 17.1. The van der Waals surface area contributed by atoms with E-state index in [9.17, 15) is 19.5 Å². The number of carbonyl (C=O) groups is 3. The highest BCUT2D eigenvalue weighted by Gasteiger charge is 2.71. The normalized spacial score (nSPS) is 30.7. The minimum Gasteiger partial charge on any atom is -0.493 e. The van der Waals surface area contributed by atoms with E-state index in [1.165, 1.54) is 6.92 Å². The fraction of sp³-hybridized carbons (Fsp3) is 0.577. The Balaban J connectivity index is 1.37. The highest BCUT2D eigenvalue weighted by atomic mass is 16.6. The Labute approximate surface area is 208 Å². The fourth-order valence-corrected chi connectivity index (χ4v) is 6.58. The maximum Gasteiger partial charge on any atom is 0.352 e. The van der Waals surface area contributed by atoms with Crippen molar-refractivity contribution in [3.05, 3.63) is 35.1 Å². The predicted molar refractivity (Wildman–Crippen MR) is 124 cm³/mol. The lowest BCUT2D eigenvalue weighted by Gasteiger charge is -2.59. The van der Waals surface area contributed by atoms with E-state index in [0.29, 0.717) is 24.3 Å². The molecular formula is C26H31NO9. The van der Waals surface area contributed by atoms with E-state index in [1.54, 1.807) is 13.2 Å². The van der Waals surface area contributed by atoms with E-state index in [4.69, 9.17) is 29.8 Å². The zero-order valence-electron chi connectivity index (χ0n) is 20.3. The molecule has 6 atom stereocenters. The number of carboxylic acids is 1. The van der Waals surface area contributed by atoms with Crippen LogP contribution in [0.1, 0.15) is 56.6 Å². The van der Waals surface area contributed by atoms with Gasteiger partial charge in [-0.3, -0.25) is 9.59 Å². The molecule has 10 heteroatoms. The van der Waals surface area contributed by atoms with Gasteiger partial charge in [0, 0.05) is 12.0 Å². The van der Waals surface area contributed by atoms with Gasteiger partial charge in [-0.1, -0.05) is 12.5 Å². The summed E-state index contributed by atoms with van der Waals surface area (Å²) >= 11 is 0. The number of methoxy groups -OCH3 is 1. The Morgan fingerprint density at radius 2 is 2.08 bits per heavy atom. The largest absolute Gasteiger partial charge is 0.493 e. The minimum atomic E-state index is -1.22. The monoisotopic (exact) mass is 501 g/mol. The van der Waals surface area contributed by atoms with Crippen molar-refractivity contribution < 1.29 is 43.5 Å². The average molecular weight is 502 g/mol. The standard InChI is InChI=1S/C26H31NO9/c1-13(34-19(28)8-6-16(27)23(29)30)24(31)35-18-9-11-26(32)15-4-3-10-25(26)20-14(12-15)5-7-17(33-2)21(20)36-22(18)25/h5,7,9,13,15-16,22,32H,3-4,6,8,10-12,27H2,1-2H3,(H,29,30)/t13-,15+,16-,22-,25-,26+/m0/s1. The zero-order chi connectivity index (χ0) is 25.8. The Morgan fingerprint density at radius 3 is 2.81 bits per heavy atom. The van der Waals surface area contributed by atoms with Gasteiger partial charge in [0.2, 0.25) is 0 Å². The predicted octanol–water partition coefficient (Wildman–Crippen LogP) is 1.74. The summed E-state index contributed by atoms with van der Waals surface area (Å²) < 4.78 is 22.9. The van der Waals surface area contributed by atoms with Gasteiger partial charge in [0.25, 0.3) is 0 Å². The molecule has 0 unspecified atom stereocenters. The Morgan fingerprint density at radius 1 is 1.31 bits per heavy atom. The third-order valence-corrected chi connectivity index (χ3v) is 8.30. The molecular weight excluding hydrogens is 470 g/mol. The van der Waals surface area contributed by atoms with Crippen molar-refractivity contribution in [1.29, 1.82) is 0 Å². The van der Waals surface area contributed by atoms with Gasteiger partial charge >= 0.3 is 17.9 Å². The van der Waals surface area contributed by atoms with Crippen LogP contribution in [-0.2, 0) is 35.7 Å². The number of carbonyl (C=O) groups excluding carboxylic acids is 2. The Hall–Kier alpha value is -3.11.